The standard InChI is InChI=1S/C10H9F3O3/c11-10(12,13)9(16)5-8(15)6-1-3-7(14)4-2-6/h1-4,9,14,16H,5H2. The second-order valence-electron chi connectivity index (χ2n) is 3.23. The van der Waals surface area contributed by atoms with Crippen molar-refractivity contribution < 1.29 is 28.2 Å². The maximum absolute atomic E-state index is 11.9. The SMILES string of the molecule is O=C(CC(O)C(F)(F)F)c1ccc(O)cc1. The van der Waals surface area contributed by atoms with Crippen LogP contribution in [0.5, 0.6) is 5.75 Å². The summed E-state index contributed by atoms with van der Waals surface area (Å²) >= 11 is 0. The number of aromatic hydroxyl groups is 1. The zero-order valence-electron chi connectivity index (χ0n) is 8.03. The zero-order chi connectivity index (χ0) is 12.3. The molecule has 1 aromatic rings. The van der Waals surface area contributed by atoms with Gasteiger partial charge in [-0.2, -0.15) is 13.2 Å². The van der Waals surface area contributed by atoms with Gasteiger partial charge in [-0.15, -0.1) is 0 Å². The Morgan fingerprint density at radius 3 is 2.19 bits per heavy atom. The number of Topliss-reactive ketones (excluding diaryl/α,β-unsaturated/α-hetero) is 1. The van der Waals surface area contributed by atoms with E-state index >= 15 is 0 Å². The molecule has 1 unspecified atom stereocenters. The molecule has 1 rings (SSSR count). The zero-order valence-corrected chi connectivity index (χ0v) is 8.03. The molecule has 0 aliphatic rings. The first-order valence-corrected chi connectivity index (χ1v) is 4.37. The molecule has 0 radical (unpaired) electrons. The summed E-state index contributed by atoms with van der Waals surface area (Å²) in [6.07, 6.45) is -8.48. The number of aliphatic hydroxyl groups is 1. The molecule has 0 saturated carbocycles. The summed E-state index contributed by atoms with van der Waals surface area (Å²) in [7, 11) is 0. The Kier molecular flexibility index (Phi) is 3.54. The lowest BCUT2D eigenvalue weighted by Gasteiger charge is -2.13. The van der Waals surface area contributed by atoms with Crippen molar-refractivity contribution >= 4 is 5.78 Å². The number of carbonyl (C=O) groups is 1. The van der Waals surface area contributed by atoms with Crippen LogP contribution in [0.3, 0.4) is 0 Å². The highest BCUT2D eigenvalue weighted by Gasteiger charge is 2.39. The molecular formula is C10H9F3O3. The fourth-order valence-electron chi connectivity index (χ4n) is 1.06. The van der Waals surface area contributed by atoms with Gasteiger partial charge in [0.1, 0.15) is 5.75 Å². The number of hydrogen-bond acceptors (Lipinski definition) is 3. The highest BCUT2D eigenvalue weighted by molar-refractivity contribution is 5.96. The number of aliphatic hydroxyl groups excluding tert-OH is 1. The molecule has 0 heterocycles. The molecule has 0 aliphatic carbocycles. The average molecular weight is 234 g/mol. The van der Waals surface area contributed by atoms with Crippen molar-refractivity contribution in [3.8, 4) is 5.75 Å². The van der Waals surface area contributed by atoms with Crippen molar-refractivity contribution in [1.82, 2.24) is 0 Å². The lowest BCUT2D eigenvalue weighted by molar-refractivity contribution is -0.202. The molecule has 0 fully saturated rings. The third kappa shape index (κ3) is 3.23. The molecular weight excluding hydrogens is 225 g/mol. The van der Waals surface area contributed by atoms with E-state index in [1.807, 2.05) is 0 Å². The molecule has 0 saturated heterocycles. The Bertz CT molecular complexity index is 370. The van der Waals surface area contributed by atoms with E-state index in [4.69, 9.17) is 10.2 Å². The Balaban J connectivity index is 2.70. The molecule has 0 aliphatic heterocycles. The second kappa shape index (κ2) is 4.52. The van der Waals surface area contributed by atoms with Gasteiger partial charge in [-0.3, -0.25) is 4.79 Å². The van der Waals surface area contributed by atoms with Gasteiger partial charge in [-0.25, -0.2) is 0 Å². The predicted molar refractivity (Wildman–Crippen MR) is 49.1 cm³/mol. The van der Waals surface area contributed by atoms with Gasteiger partial charge in [0.15, 0.2) is 11.9 Å². The van der Waals surface area contributed by atoms with E-state index in [1.165, 1.54) is 24.3 Å². The molecule has 0 spiro atoms. The molecule has 1 atom stereocenters. The van der Waals surface area contributed by atoms with E-state index in [0.717, 1.165) is 0 Å². The van der Waals surface area contributed by atoms with Crippen LogP contribution in [-0.4, -0.2) is 28.3 Å². The minimum Gasteiger partial charge on any atom is -0.508 e. The first-order chi connectivity index (χ1) is 7.30. The number of hydrogen-bond donors (Lipinski definition) is 2. The van der Waals surface area contributed by atoms with E-state index in [-0.39, 0.29) is 11.3 Å². The van der Waals surface area contributed by atoms with Gasteiger partial charge in [0.25, 0.3) is 0 Å². The smallest absolute Gasteiger partial charge is 0.414 e. The van der Waals surface area contributed by atoms with Gasteiger partial charge < -0.3 is 10.2 Å². The van der Waals surface area contributed by atoms with Crippen LogP contribution in [-0.2, 0) is 0 Å². The van der Waals surface area contributed by atoms with Gasteiger partial charge in [-0.05, 0) is 24.3 Å². The first-order valence-electron chi connectivity index (χ1n) is 4.37. The van der Waals surface area contributed by atoms with Crippen LogP contribution in [0.2, 0.25) is 0 Å². The first kappa shape index (κ1) is 12.5. The normalized spacial score (nSPS) is 13.5. The van der Waals surface area contributed by atoms with Crippen LogP contribution in [0, 0.1) is 0 Å². The summed E-state index contributed by atoms with van der Waals surface area (Å²) in [6, 6.07) is 4.77. The summed E-state index contributed by atoms with van der Waals surface area (Å²) in [4.78, 5) is 11.3. The second-order valence-corrected chi connectivity index (χ2v) is 3.23. The van der Waals surface area contributed by atoms with Crippen molar-refractivity contribution in [3.63, 3.8) is 0 Å². The predicted octanol–water partition coefficient (Wildman–Crippen LogP) is 1.89. The van der Waals surface area contributed by atoms with Crippen LogP contribution in [0.1, 0.15) is 16.8 Å². The Hall–Kier alpha value is -1.56. The number of carbonyl (C=O) groups excluding carboxylic acids is 1. The summed E-state index contributed by atoms with van der Waals surface area (Å²) in [5.41, 5.74) is 0.0149. The Labute approximate surface area is 89.1 Å². The van der Waals surface area contributed by atoms with E-state index in [9.17, 15) is 18.0 Å². The number of alkyl halides is 3. The Morgan fingerprint density at radius 2 is 1.75 bits per heavy atom. The lowest BCUT2D eigenvalue weighted by Crippen LogP contribution is -2.30. The minimum atomic E-state index is -4.80. The van der Waals surface area contributed by atoms with Gasteiger partial charge in [0.05, 0.1) is 0 Å². The van der Waals surface area contributed by atoms with Gasteiger partial charge >= 0.3 is 6.18 Å². The molecule has 16 heavy (non-hydrogen) atoms. The molecule has 0 aromatic heterocycles. The summed E-state index contributed by atoms with van der Waals surface area (Å²) in [5.74, 6) is -0.919. The van der Waals surface area contributed by atoms with Gasteiger partial charge in [-0.1, -0.05) is 0 Å². The van der Waals surface area contributed by atoms with Crippen LogP contribution in [0.15, 0.2) is 24.3 Å². The summed E-state index contributed by atoms with van der Waals surface area (Å²) in [6.45, 7) is 0. The number of rotatable bonds is 3. The molecule has 1 aromatic carbocycles. The monoisotopic (exact) mass is 234 g/mol. The quantitative estimate of drug-likeness (QED) is 0.785. The fourth-order valence-corrected chi connectivity index (χ4v) is 1.06. The number of ketones is 1. The molecule has 2 N–H and O–H groups in total. The van der Waals surface area contributed by atoms with E-state index in [0.29, 0.717) is 0 Å². The molecule has 6 heteroatoms. The lowest BCUT2D eigenvalue weighted by atomic mass is 10.1. The van der Waals surface area contributed by atoms with Crippen LogP contribution in [0.4, 0.5) is 13.2 Å². The summed E-state index contributed by atoms with van der Waals surface area (Å²) < 4.78 is 35.8. The van der Waals surface area contributed by atoms with Crippen molar-refractivity contribution in [3.05, 3.63) is 29.8 Å². The maximum Gasteiger partial charge on any atom is 0.414 e. The van der Waals surface area contributed by atoms with E-state index < -0.39 is 24.5 Å². The van der Waals surface area contributed by atoms with Crippen molar-refractivity contribution in [2.45, 2.75) is 18.7 Å². The van der Waals surface area contributed by atoms with Crippen LogP contribution in [0.25, 0.3) is 0 Å². The fraction of sp³-hybridized carbons (Fsp3) is 0.300. The molecule has 0 amide bonds. The third-order valence-electron chi connectivity index (χ3n) is 1.95. The average Bonchev–Trinajstić information content (AvgIpc) is 2.17. The molecule has 3 nitrogen and oxygen atoms in total. The van der Waals surface area contributed by atoms with Crippen LogP contribution >= 0.6 is 0 Å². The van der Waals surface area contributed by atoms with Crippen molar-refractivity contribution in [2.75, 3.05) is 0 Å². The largest absolute Gasteiger partial charge is 0.508 e. The van der Waals surface area contributed by atoms with E-state index in [2.05, 4.69) is 0 Å². The van der Waals surface area contributed by atoms with Crippen molar-refractivity contribution in [1.29, 1.82) is 0 Å². The highest BCUT2D eigenvalue weighted by Crippen LogP contribution is 2.23. The van der Waals surface area contributed by atoms with Crippen molar-refractivity contribution in [2.24, 2.45) is 0 Å². The molecule has 88 valence electrons. The molecule has 0 bridgehead atoms. The highest BCUT2D eigenvalue weighted by atomic mass is 19.4. The number of benzene rings is 1. The maximum atomic E-state index is 11.9. The number of phenolic OH excluding ortho intramolecular Hbond substituents is 1. The van der Waals surface area contributed by atoms with Gasteiger partial charge in [0, 0.05) is 12.0 Å². The third-order valence-corrected chi connectivity index (χ3v) is 1.95. The Morgan fingerprint density at radius 1 is 1.25 bits per heavy atom. The van der Waals surface area contributed by atoms with Gasteiger partial charge in [0.2, 0.25) is 0 Å². The minimum absolute atomic E-state index is 0.0149. The van der Waals surface area contributed by atoms with Crippen LogP contribution < -0.4 is 0 Å². The topological polar surface area (TPSA) is 57.5 Å². The van der Waals surface area contributed by atoms with E-state index in [1.54, 1.807) is 0 Å². The number of phenols is 1. The summed E-state index contributed by atoms with van der Waals surface area (Å²) in [5, 5.41) is 17.6. The number of halogens is 3.